The highest BCUT2D eigenvalue weighted by atomic mass is 32.2. The Hall–Kier alpha value is -3.75. The second-order valence-corrected chi connectivity index (χ2v) is 11.9. The van der Waals surface area contributed by atoms with Gasteiger partial charge in [-0.15, -0.1) is 0 Å². The molecule has 204 valence electrons. The molecule has 4 rings (SSSR count). The number of carbonyl (C=O) groups is 1. The molecule has 0 aliphatic heterocycles. The van der Waals surface area contributed by atoms with Crippen molar-refractivity contribution >= 4 is 21.7 Å². The maximum atomic E-state index is 13.8. The monoisotopic (exact) mass is 544 g/mol. The molecule has 1 heterocycles. The summed E-state index contributed by atoms with van der Waals surface area (Å²) in [5, 5.41) is 7.70. The predicted molar refractivity (Wildman–Crippen MR) is 157 cm³/mol. The van der Waals surface area contributed by atoms with Gasteiger partial charge in [0.25, 0.3) is 0 Å². The van der Waals surface area contributed by atoms with Crippen molar-refractivity contribution in [2.24, 2.45) is 0 Å². The van der Waals surface area contributed by atoms with Crippen LogP contribution >= 0.6 is 0 Å². The van der Waals surface area contributed by atoms with Crippen molar-refractivity contribution in [3.8, 4) is 16.9 Å². The molecule has 1 amide bonds. The van der Waals surface area contributed by atoms with E-state index in [1.807, 2.05) is 93.6 Å². The molecule has 1 aromatic heterocycles. The van der Waals surface area contributed by atoms with Gasteiger partial charge in [-0.3, -0.25) is 4.79 Å². The number of benzene rings is 3. The number of nitrogens with zero attached hydrogens (tertiary/aromatic N) is 3. The van der Waals surface area contributed by atoms with Crippen LogP contribution in [0.2, 0.25) is 0 Å². The van der Waals surface area contributed by atoms with Crippen molar-refractivity contribution in [2.75, 3.05) is 18.4 Å². The molecule has 8 heteroatoms. The fourth-order valence-electron chi connectivity index (χ4n) is 4.77. The number of aryl methyl sites for hydroxylation is 4. The SMILES string of the molecule is CCCCN(CC(=O)Nc1cc(-c2ccccc2)nn1-c1ccc(C)cc1)S(=O)(=O)c1c(C)cc(C)cc1C. The van der Waals surface area contributed by atoms with Crippen LogP contribution in [0.1, 0.15) is 42.0 Å². The Balaban J connectivity index is 1.67. The van der Waals surface area contributed by atoms with Crippen LogP contribution in [0.5, 0.6) is 0 Å². The van der Waals surface area contributed by atoms with Crippen LogP contribution in [0.15, 0.2) is 77.7 Å². The Morgan fingerprint density at radius 3 is 2.15 bits per heavy atom. The second kappa shape index (κ2) is 12.0. The predicted octanol–water partition coefficient (Wildman–Crippen LogP) is 6.20. The maximum absolute atomic E-state index is 13.8. The number of hydrogen-bond acceptors (Lipinski definition) is 4. The number of amides is 1. The fourth-order valence-corrected chi connectivity index (χ4v) is 6.61. The number of aromatic nitrogens is 2. The van der Waals surface area contributed by atoms with Gasteiger partial charge in [-0.2, -0.15) is 9.40 Å². The zero-order valence-corrected chi connectivity index (χ0v) is 24.0. The van der Waals surface area contributed by atoms with Gasteiger partial charge in [-0.25, -0.2) is 13.1 Å². The molecule has 1 N–H and O–H groups in total. The van der Waals surface area contributed by atoms with Crippen LogP contribution in [0.4, 0.5) is 5.82 Å². The summed E-state index contributed by atoms with van der Waals surface area (Å²) >= 11 is 0. The Labute approximate surface area is 231 Å². The molecule has 0 atom stereocenters. The van der Waals surface area contributed by atoms with Crippen LogP contribution in [0.3, 0.4) is 0 Å². The van der Waals surface area contributed by atoms with Crippen LogP contribution in [-0.2, 0) is 14.8 Å². The highest BCUT2D eigenvalue weighted by Gasteiger charge is 2.29. The van der Waals surface area contributed by atoms with Gasteiger partial charge >= 0.3 is 0 Å². The number of hydrogen-bond donors (Lipinski definition) is 1. The van der Waals surface area contributed by atoms with E-state index in [0.717, 1.165) is 28.8 Å². The molecule has 0 saturated heterocycles. The summed E-state index contributed by atoms with van der Waals surface area (Å²) in [6.07, 6.45) is 1.45. The summed E-state index contributed by atoms with van der Waals surface area (Å²) in [4.78, 5) is 13.7. The first-order valence-corrected chi connectivity index (χ1v) is 14.6. The summed E-state index contributed by atoms with van der Waals surface area (Å²) in [5.41, 5.74) is 5.88. The van der Waals surface area contributed by atoms with E-state index in [2.05, 4.69) is 5.32 Å². The van der Waals surface area contributed by atoms with Crippen LogP contribution in [-0.4, -0.2) is 41.5 Å². The van der Waals surface area contributed by atoms with E-state index < -0.39 is 15.9 Å². The standard InChI is InChI=1S/C31H36N4O3S/c1-6-7-17-34(39(37,38)31-24(4)18-23(3)19-25(31)5)21-30(36)32-29-20-28(26-11-9-8-10-12-26)33-35(29)27-15-13-22(2)14-16-27/h8-16,18-20H,6-7,17,21H2,1-5H3,(H,32,36). The zero-order chi connectivity index (χ0) is 28.2. The summed E-state index contributed by atoms with van der Waals surface area (Å²) in [6.45, 7) is 9.51. The molecular formula is C31H36N4O3S. The lowest BCUT2D eigenvalue weighted by atomic mass is 10.1. The van der Waals surface area contributed by atoms with E-state index in [1.54, 1.807) is 18.5 Å². The van der Waals surface area contributed by atoms with Gasteiger partial charge in [-0.1, -0.05) is 79.1 Å². The van der Waals surface area contributed by atoms with Gasteiger partial charge in [0.1, 0.15) is 5.82 Å². The van der Waals surface area contributed by atoms with E-state index in [0.29, 0.717) is 29.1 Å². The average Bonchev–Trinajstić information content (AvgIpc) is 3.30. The lowest BCUT2D eigenvalue weighted by Gasteiger charge is -2.24. The minimum Gasteiger partial charge on any atom is -0.309 e. The van der Waals surface area contributed by atoms with Gasteiger partial charge in [0.2, 0.25) is 15.9 Å². The molecule has 3 aromatic carbocycles. The number of rotatable bonds is 10. The minimum absolute atomic E-state index is 0.255. The molecule has 0 unspecified atom stereocenters. The number of nitrogens with one attached hydrogen (secondary N) is 1. The van der Waals surface area contributed by atoms with Gasteiger partial charge in [0.05, 0.1) is 22.8 Å². The molecule has 0 saturated carbocycles. The van der Waals surface area contributed by atoms with Crippen molar-refractivity contribution in [1.82, 2.24) is 14.1 Å². The molecule has 0 bridgehead atoms. The third kappa shape index (κ3) is 6.46. The van der Waals surface area contributed by atoms with E-state index in [9.17, 15) is 13.2 Å². The first-order valence-electron chi connectivity index (χ1n) is 13.2. The lowest BCUT2D eigenvalue weighted by molar-refractivity contribution is -0.116. The number of sulfonamides is 1. The summed E-state index contributed by atoms with van der Waals surface area (Å²) in [7, 11) is -3.89. The van der Waals surface area contributed by atoms with Crippen LogP contribution in [0, 0.1) is 27.7 Å². The van der Waals surface area contributed by atoms with E-state index >= 15 is 0 Å². The second-order valence-electron chi connectivity index (χ2n) is 10.00. The van der Waals surface area contributed by atoms with Gasteiger partial charge < -0.3 is 5.32 Å². The van der Waals surface area contributed by atoms with Crippen LogP contribution in [0.25, 0.3) is 16.9 Å². The molecule has 39 heavy (non-hydrogen) atoms. The Bertz CT molecular complexity index is 1540. The Morgan fingerprint density at radius 2 is 1.54 bits per heavy atom. The number of anilines is 1. The van der Waals surface area contributed by atoms with Crippen molar-refractivity contribution < 1.29 is 13.2 Å². The van der Waals surface area contributed by atoms with Crippen LogP contribution < -0.4 is 5.32 Å². The molecule has 0 spiro atoms. The first-order chi connectivity index (χ1) is 18.6. The lowest BCUT2D eigenvalue weighted by Crippen LogP contribution is -2.39. The molecule has 7 nitrogen and oxygen atoms in total. The molecule has 0 fully saturated rings. The highest BCUT2D eigenvalue weighted by molar-refractivity contribution is 7.89. The average molecular weight is 545 g/mol. The highest BCUT2D eigenvalue weighted by Crippen LogP contribution is 2.27. The third-order valence-corrected chi connectivity index (χ3v) is 8.76. The van der Waals surface area contributed by atoms with Crippen molar-refractivity contribution in [3.05, 3.63) is 95.1 Å². The van der Waals surface area contributed by atoms with E-state index in [1.165, 1.54) is 4.31 Å². The minimum atomic E-state index is -3.89. The van der Waals surface area contributed by atoms with Gasteiger partial charge in [0.15, 0.2) is 0 Å². The molecule has 0 aliphatic carbocycles. The smallest absolute Gasteiger partial charge is 0.244 e. The molecule has 0 aliphatic rings. The topological polar surface area (TPSA) is 84.3 Å². The fraction of sp³-hybridized carbons (Fsp3) is 0.290. The normalized spacial score (nSPS) is 11.6. The van der Waals surface area contributed by atoms with Crippen molar-refractivity contribution in [2.45, 2.75) is 52.4 Å². The summed E-state index contributed by atoms with van der Waals surface area (Å²) < 4.78 is 30.6. The number of carbonyl (C=O) groups excluding carboxylic acids is 1. The maximum Gasteiger partial charge on any atom is 0.244 e. The Morgan fingerprint density at radius 1 is 0.897 bits per heavy atom. The summed E-state index contributed by atoms with van der Waals surface area (Å²) in [6, 6.07) is 23.1. The third-order valence-electron chi connectivity index (χ3n) is 6.61. The molecule has 0 radical (unpaired) electrons. The quantitative estimate of drug-likeness (QED) is 0.258. The first kappa shape index (κ1) is 28.3. The molecule has 4 aromatic rings. The van der Waals surface area contributed by atoms with Gasteiger partial charge in [-0.05, 0) is 57.4 Å². The Kier molecular flexibility index (Phi) is 8.67. The van der Waals surface area contributed by atoms with Crippen molar-refractivity contribution in [1.29, 1.82) is 0 Å². The number of unbranched alkanes of at least 4 members (excludes halogenated alkanes) is 1. The largest absolute Gasteiger partial charge is 0.309 e. The summed E-state index contributed by atoms with van der Waals surface area (Å²) in [5.74, 6) is 0.0446. The van der Waals surface area contributed by atoms with E-state index in [-0.39, 0.29) is 18.0 Å². The van der Waals surface area contributed by atoms with E-state index in [4.69, 9.17) is 5.10 Å². The zero-order valence-electron chi connectivity index (χ0n) is 23.2. The van der Waals surface area contributed by atoms with Crippen molar-refractivity contribution in [3.63, 3.8) is 0 Å². The van der Waals surface area contributed by atoms with Gasteiger partial charge in [0, 0.05) is 18.2 Å². The molecular weight excluding hydrogens is 508 g/mol.